The highest BCUT2D eigenvalue weighted by atomic mass is 16.4. The van der Waals surface area contributed by atoms with Gasteiger partial charge in [0, 0.05) is 5.54 Å². The van der Waals surface area contributed by atoms with Crippen molar-refractivity contribution in [2.24, 2.45) is 57.2 Å². The van der Waals surface area contributed by atoms with Gasteiger partial charge in [-0.05, 0) is 145 Å². The molecule has 2 N–H and O–H groups in total. The third-order valence-electron chi connectivity index (χ3n) is 14.9. The zero-order valence-corrected chi connectivity index (χ0v) is 26.6. The SMILES string of the molecule is CN[C@]12CC[C@@H](C(C)C)[C@@H]1[C@H]1CC[C@@H]3[C@@]4(C)CC=C(c5ccc(C(=O)O)cc5)C(C)(C)[C@@H]4CC[C@@]3(C)[C@]1(C)CC2. The summed E-state index contributed by atoms with van der Waals surface area (Å²) in [5.74, 6) is 3.84. The lowest BCUT2D eigenvalue weighted by Gasteiger charge is -2.72. The van der Waals surface area contributed by atoms with Gasteiger partial charge >= 0.3 is 5.97 Å². The Bertz CT molecular complexity index is 1200. The summed E-state index contributed by atoms with van der Waals surface area (Å²) in [6.07, 6.45) is 14.7. The monoisotopic (exact) mass is 545 g/mol. The molecule has 0 aromatic heterocycles. The van der Waals surface area contributed by atoms with E-state index in [0.717, 1.165) is 36.0 Å². The Kier molecular flexibility index (Phi) is 6.55. The highest BCUT2D eigenvalue weighted by Crippen LogP contribution is 2.76. The van der Waals surface area contributed by atoms with Crippen LogP contribution in [0.15, 0.2) is 30.3 Å². The van der Waals surface area contributed by atoms with E-state index >= 15 is 0 Å². The van der Waals surface area contributed by atoms with Crippen LogP contribution in [0.2, 0.25) is 0 Å². The maximum absolute atomic E-state index is 11.5. The Hall–Kier alpha value is -1.61. The van der Waals surface area contributed by atoms with Crippen LogP contribution >= 0.6 is 0 Å². The summed E-state index contributed by atoms with van der Waals surface area (Å²) < 4.78 is 0. The van der Waals surface area contributed by atoms with E-state index in [0.29, 0.717) is 33.3 Å². The minimum Gasteiger partial charge on any atom is -0.478 e. The van der Waals surface area contributed by atoms with Gasteiger partial charge in [-0.3, -0.25) is 0 Å². The molecule has 1 aromatic carbocycles. The molecule has 5 aliphatic carbocycles. The molecule has 3 heteroatoms. The number of hydrogen-bond acceptors (Lipinski definition) is 2. The molecule has 0 radical (unpaired) electrons. The number of aromatic carboxylic acids is 1. The molecule has 220 valence electrons. The van der Waals surface area contributed by atoms with E-state index in [1.54, 1.807) is 12.1 Å². The molecular weight excluding hydrogens is 490 g/mol. The highest BCUT2D eigenvalue weighted by Gasteiger charge is 2.70. The number of carbonyl (C=O) groups is 1. The van der Waals surface area contributed by atoms with Crippen LogP contribution in [0.25, 0.3) is 5.57 Å². The van der Waals surface area contributed by atoms with Crippen LogP contribution in [0.4, 0.5) is 0 Å². The molecule has 9 atom stereocenters. The van der Waals surface area contributed by atoms with Crippen molar-refractivity contribution in [3.8, 4) is 0 Å². The Labute approximate surface area is 244 Å². The lowest BCUT2D eigenvalue weighted by atomic mass is 9.33. The summed E-state index contributed by atoms with van der Waals surface area (Å²) in [5.41, 5.74) is 4.54. The number of benzene rings is 1. The predicted molar refractivity (Wildman–Crippen MR) is 165 cm³/mol. The Morgan fingerprint density at radius 2 is 1.57 bits per heavy atom. The minimum absolute atomic E-state index is 0.0683. The van der Waals surface area contributed by atoms with Crippen LogP contribution in [0.5, 0.6) is 0 Å². The second-order valence-electron chi connectivity index (χ2n) is 16.5. The first-order valence-corrected chi connectivity index (χ1v) is 16.5. The Balaban J connectivity index is 1.36. The molecule has 40 heavy (non-hydrogen) atoms. The van der Waals surface area contributed by atoms with Crippen molar-refractivity contribution in [3.63, 3.8) is 0 Å². The molecule has 0 aliphatic heterocycles. The van der Waals surface area contributed by atoms with Gasteiger partial charge in [-0.2, -0.15) is 0 Å². The standard InChI is InChI=1S/C37H55NO2/c1-23(2)26-15-20-37(38-8)22-21-35(6)28(31(26)37)13-14-30-34(5)18-16-27(24-9-11-25(12-10-24)32(39)40)33(3,4)29(34)17-19-36(30,35)7/h9-12,16,23,26,28-31,38H,13-15,17-22H2,1-8H3,(H,39,40)/t26-,28+,29-,30+,31+,34-,35+,36+,37-/m0/s1. The van der Waals surface area contributed by atoms with Crippen LogP contribution in [-0.4, -0.2) is 23.7 Å². The molecule has 3 nitrogen and oxygen atoms in total. The third-order valence-corrected chi connectivity index (χ3v) is 14.9. The summed E-state index contributed by atoms with van der Waals surface area (Å²) >= 11 is 0. The lowest BCUT2D eigenvalue weighted by Crippen LogP contribution is -2.67. The van der Waals surface area contributed by atoms with E-state index in [9.17, 15) is 9.90 Å². The van der Waals surface area contributed by atoms with Crippen molar-refractivity contribution in [1.82, 2.24) is 5.32 Å². The first kappa shape index (κ1) is 28.5. The van der Waals surface area contributed by atoms with Gasteiger partial charge in [0.1, 0.15) is 0 Å². The number of nitrogens with one attached hydrogen (secondary N) is 1. The number of fused-ring (bicyclic) bond motifs is 7. The fourth-order valence-corrected chi connectivity index (χ4v) is 12.7. The van der Waals surface area contributed by atoms with Crippen LogP contribution in [0.1, 0.15) is 122 Å². The Morgan fingerprint density at radius 1 is 0.875 bits per heavy atom. The molecule has 0 amide bonds. The topological polar surface area (TPSA) is 49.3 Å². The van der Waals surface area contributed by atoms with E-state index in [4.69, 9.17) is 0 Å². The summed E-state index contributed by atoms with van der Waals surface area (Å²) in [4.78, 5) is 11.5. The fraction of sp³-hybridized carbons (Fsp3) is 0.757. The van der Waals surface area contributed by atoms with Crippen molar-refractivity contribution in [3.05, 3.63) is 41.5 Å². The van der Waals surface area contributed by atoms with E-state index in [2.05, 4.69) is 66.9 Å². The summed E-state index contributed by atoms with van der Waals surface area (Å²) in [5, 5.41) is 13.4. The van der Waals surface area contributed by atoms with Crippen molar-refractivity contribution in [2.45, 2.75) is 112 Å². The van der Waals surface area contributed by atoms with Gasteiger partial charge in [0.25, 0.3) is 0 Å². The summed E-state index contributed by atoms with van der Waals surface area (Å²) in [6, 6.07) is 7.65. The van der Waals surface area contributed by atoms with Crippen LogP contribution in [0, 0.1) is 57.2 Å². The number of carboxylic acids is 1. The minimum atomic E-state index is -0.848. The molecule has 0 spiro atoms. The lowest BCUT2D eigenvalue weighted by molar-refractivity contribution is -0.221. The Morgan fingerprint density at radius 3 is 2.20 bits per heavy atom. The zero-order chi connectivity index (χ0) is 28.9. The largest absolute Gasteiger partial charge is 0.478 e. The second kappa shape index (κ2) is 9.19. The van der Waals surface area contributed by atoms with Crippen LogP contribution in [-0.2, 0) is 0 Å². The smallest absolute Gasteiger partial charge is 0.335 e. The first-order chi connectivity index (χ1) is 18.7. The van der Waals surface area contributed by atoms with Crippen molar-refractivity contribution in [2.75, 3.05) is 7.05 Å². The molecular formula is C37H55NO2. The second-order valence-corrected chi connectivity index (χ2v) is 16.5. The molecule has 4 fully saturated rings. The van der Waals surface area contributed by atoms with Gasteiger partial charge in [0.2, 0.25) is 0 Å². The van der Waals surface area contributed by atoms with Crippen LogP contribution < -0.4 is 5.32 Å². The molecule has 0 unspecified atom stereocenters. The number of allylic oxidation sites excluding steroid dienone is 2. The van der Waals surface area contributed by atoms with E-state index < -0.39 is 5.97 Å². The van der Waals surface area contributed by atoms with Gasteiger partial charge in [-0.25, -0.2) is 4.79 Å². The van der Waals surface area contributed by atoms with Gasteiger partial charge in [-0.15, -0.1) is 0 Å². The molecule has 0 saturated heterocycles. The maximum atomic E-state index is 11.5. The molecule has 5 aliphatic rings. The van der Waals surface area contributed by atoms with Crippen molar-refractivity contribution < 1.29 is 9.90 Å². The molecule has 1 aromatic rings. The molecule has 4 saturated carbocycles. The molecule has 0 heterocycles. The summed E-state index contributed by atoms with van der Waals surface area (Å²) in [7, 11) is 2.27. The van der Waals surface area contributed by atoms with Gasteiger partial charge in [0.15, 0.2) is 0 Å². The van der Waals surface area contributed by atoms with Gasteiger partial charge in [0.05, 0.1) is 5.56 Å². The molecule has 6 rings (SSSR count). The highest BCUT2D eigenvalue weighted by molar-refractivity contribution is 5.88. The zero-order valence-electron chi connectivity index (χ0n) is 26.6. The number of rotatable bonds is 4. The fourth-order valence-electron chi connectivity index (χ4n) is 12.7. The maximum Gasteiger partial charge on any atom is 0.335 e. The van der Waals surface area contributed by atoms with E-state index in [1.807, 2.05) is 12.1 Å². The normalized spacial score (nSPS) is 45.6. The van der Waals surface area contributed by atoms with Crippen molar-refractivity contribution >= 4 is 11.5 Å². The van der Waals surface area contributed by atoms with Crippen molar-refractivity contribution in [1.29, 1.82) is 0 Å². The van der Waals surface area contributed by atoms with E-state index in [-0.39, 0.29) is 5.41 Å². The molecule has 0 bridgehead atoms. The average molecular weight is 546 g/mol. The van der Waals surface area contributed by atoms with E-state index in [1.165, 1.54) is 62.5 Å². The number of hydrogen-bond donors (Lipinski definition) is 2. The van der Waals surface area contributed by atoms with Gasteiger partial charge < -0.3 is 10.4 Å². The quantitative estimate of drug-likeness (QED) is 0.397. The number of carboxylic acid groups (broad SMARTS) is 1. The van der Waals surface area contributed by atoms with Crippen LogP contribution in [0.3, 0.4) is 0 Å². The third kappa shape index (κ3) is 3.61. The predicted octanol–water partition coefficient (Wildman–Crippen LogP) is 9.09. The summed E-state index contributed by atoms with van der Waals surface area (Å²) in [6.45, 7) is 18.1. The average Bonchev–Trinajstić information content (AvgIpc) is 3.29. The first-order valence-electron chi connectivity index (χ1n) is 16.5. The van der Waals surface area contributed by atoms with Gasteiger partial charge in [-0.1, -0.05) is 66.7 Å².